The van der Waals surface area contributed by atoms with Crippen molar-refractivity contribution in [2.75, 3.05) is 19.7 Å². The number of aromatic nitrogens is 4. The van der Waals surface area contributed by atoms with Gasteiger partial charge in [0, 0.05) is 44.7 Å². The second-order valence-electron chi connectivity index (χ2n) is 7.33. The normalized spacial score (nSPS) is 20.9. The van der Waals surface area contributed by atoms with Crippen LogP contribution < -0.4 is 5.56 Å². The third-order valence-corrected chi connectivity index (χ3v) is 5.42. The number of hydrogen-bond acceptors (Lipinski definition) is 5. The van der Waals surface area contributed by atoms with E-state index in [4.69, 9.17) is 4.74 Å². The van der Waals surface area contributed by atoms with Crippen LogP contribution in [0.25, 0.3) is 5.82 Å². The lowest BCUT2D eigenvalue weighted by molar-refractivity contribution is -0.134. The first-order valence-electron chi connectivity index (χ1n) is 9.66. The van der Waals surface area contributed by atoms with Crippen LogP contribution in [0.4, 0.5) is 0 Å². The molecule has 2 aliphatic rings. The molecular weight excluding hydrogens is 346 g/mol. The van der Waals surface area contributed by atoms with Crippen LogP contribution >= 0.6 is 0 Å². The fourth-order valence-corrected chi connectivity index (χ4v) is 3.83. The van der Waals surface area contributed by atoms with Crippen LogP contribution in [0, 0.1) is 5.92 Å². The van der Waals surface area contributed by atoms with Gasteiger partial charge in [-0.3, -0.25) is 9.59 Å². The van der Waals surface area contributed by atoms with E-state index < -0.39 is 0 Å². The van der Waals surface area contributed by atoms with Crippen LogP contribution in [0.1, 0.15) is 32.1 Å². The summed E-state index contributed by atoms with van der Waals surface area (Å²) in [5.74, 6) is 1.16. The molecule has 0 spiro atoms. The van der Waals surface area contributed by atoms with Gasteiger partial charge in [-0.1, -0.05) is 0 Å². The van der Waals surface area contributed by atoms with E-state index in [2.05, 4.69) is 10.2 Å². The molecule has 0 saturated carbocycles. The smallest absolute Gasteiger partial charge is 0.266 e. The molecule has 2 aromatic rings. The minimum atomic E-state index is -0.109. The molecule has 0 aromatic carbocycles. The van der Waals surface area contributed by atoms with Crippen molar-refractivity contribution in [1.82, 2.24) is 24.5 Å². The summed E-state index contributed by atoms with van der Waals surface area (Å²) in [5, 5.41) is 8.60. The molecule has 0 N–H and O–H groups in total. The van der Waals surface area contributed by atoms with Crippen LogP contribution in [0.2, 0.25) is 0 Å². The van der Waals surface area contributed by atoms with E-state index >= 15 is 0 Å². The first-order valence-corrected chi connectivity index (χ1v) is 9.66. The van der Waals surface area contributed by atoms with Gasteiger partial charge in [-0.2, -0.15) is 5.10 Å². The summed E-state index contributed by atoms with van der Waals surface area (Å²) in [6.45, 7) is 2.83. The second kappa shape index (κ2) is 8.04. The summed E-state index contributed by atoms with van der Waals surface area (Å²) < 4.78 is 8.73. The third-order valence-electron chi connectivity index (χ3n) is 5.42. The highest BCUT2D eigenvalue weighted by atomic mass is 16.5. The van der Waals surface area contributed by atoms with Crippen molar-refractivity contribution >= 4 is 5.91 Å². The van der Waals surface area contributed by atoms with Gasteiger partial charge in [0.15, 0.2) is 5.82 Å². The molecule has 0 aliphatic carbocycles. The van der Waals surface area contributed by atoms with Crippen LogP contribution in [0.5, 0.6) is 0 Å². The number of piperidine rings is 1. The zero-order chi connectivity index (χ0) is 18.6. The van der Waals surface area contributed by atoms with E-state index in [1.165, 1.54) is 10.7 Å². The summed E-state index contributed by atoms with van der Waals surface area (Å²) in [7, 11) is 0. The number of likely N-dealkylation sites (tertiary alicyclic amines) is 1. The Kier molecular flexibility index (Phi) is 5.33. The minimum absolute atomic E-state index is 0.100. The molecule has 2 aromatic heterocycles. The molecule has 1 amide bonds. The highest BCUT2D eigenvalue weighted by Gasteiger charge is 2.27. The fraction of sp³-hybridized carbons (Fsp3) is 0.579. The van der Waals surface area contributed by atoms with Gasteiger partial charge < -0.3 is 9.64 Å². The van der Waals surface area contributed by atoms with E-state index in [1.807, 2.05) is 11.0 Å². The summed E-state index contributed by atoms with van der Waals surface area (Å²) in [4.78, 5) is 26.5. The quantitative estimate of drug-likeness (QED) is 0.790. The van der Waals surface area contributed by atoms with Crippen molar-refractivity contribution < 1.29 is 9.53 Å². The van der Waals surface area contributed by atoms with Crippen molar-refractivity contribution in [2.45, 2.75) is 44.8 Å². The van der Waals surface area contributed by atoms with Gasteiger partial charge in [0.1, 0.15) is 0 Å². The number of ether oxygens (including phenoxy) is 1. The Morgan fingerprint density at radius 3 is 2.78 bits per heavy atom. The molecule has 2 fully saturated rings. The minimum Gasteiger partial charge on any atom is -0.378 e. The Balaban J connectivity index is 1.33. The zero-order valence-corrected chi connectivity index (χ0v) is 15.4. The molecule has 144 valence electrons. The van der Waals surface area contributed by atoms with E-state index in [9.17, 15) is 9.59 Å². The Morgan fingerprint density at radius 1 is 1.22 bits per heavy atom. The molecule has 4 heterocycles. The summed E-state index contributed by atoms with van der Waals surface area (Å²) in [6, 6.07) is 5.03. The molecule has 1 atom stereocenters. The Bertz CT molecular complexity index is 818. The van der Waals surface area contributed by atoms with Gasteiger partial charge in [0.25, 0.3) is 5.56 Å². The fourth-order valence-electron chi connectivity index (χ4n) is 3.83. The van der Waals surface area contributed by atoms with E-state index in [0.717, 1.165) is 45.4 Å². The van der Waals surface area contributed by atoms with Crippen LogP contribution in [0.15, 0.2) is 35.4 Å². The SMILES string of the molecule is O=C(CC1CCCO1)N1CCC(Cn2nc(-n3cccn3)ccc2=O)CC1. The Labute approximate surface area is 157 Å². The maximum absolute atomic E-state index is 12.4. The number of amides is 1. The molecule has 8 nitrogen and oxygen atoms in total. The van der Waals surface area contributed by atoms with Crippen molar-refractivity contribution in [2.24, 2.45) is 5.92 Å². The average Bonchev–Trinajstić information content (AvgIpc) is 3.38. The predicted molar refractivity (Wildman–Crippen MR) is 98.5 cm³/mol. The predicted octanol–water partition coefficient (Wildman–Crippen LogP) is 1.24. The first kappa shape index (κ1) is 17.9. The molecule has 0 bridgehead atoms. The Hall–Kier alpha value is -2.48. The maximum Gasteiger partial charge on any atom is 0.266 e. The van der Waals surface area contributed by atoms with Gasteiger partial charge >= 0.3 is 0 Å². The lowest BCUT2D eigenvalue weighted by atomic mass is 9.96. The van der Waals surface area contributed by atoms with Crippen molar-refractivity contribution in [3.63, 3.8) is 0 Å². The third kappa shape index (κ3) is 4.27. The largest absolute Gasteiger partial charge is 0.378 e. The number of hydrogen-bond donors (Lipinski definition) is 0. The van der Waals surface area contributed by atoms with Crippen LogP contribution in [-0.2, 0) is 16.1 Å². The van der Waals surface area contributed by atoms with Crippen molar-refractivity contribution in [3.05, 3.63) is 40.9 Å². The molecule has 2 aliphatic heterocycles. The molecule has 2 saturated heterocycles. The molecule has 27 heavy (non-hydrogen) atoms. The number of carbonyl (C=O) groups is 1. The highest BCUT2D eigenvalue weighted by molar-refractivity contribution is 5.76. The lowest BCUT2D eigenvalue weighted by Gasteiger charge is -2.32. The van der Waals surface area contributed by atoms with Crippen LogP contribution in [0.3, 0.4) is 0 Å². The number of nitrogens with zero attached hydrogens (tertiary/aromatic N) is 5. The molecule has 4 rings (SSSR count). The topological polar surface area (TPSA) is 82.2 Å². The summed E-state index contributed by atoms with van der Waals surface area (Å²) >= 11 is 0. The summed E-state index contributed by atoms with van der Waals surface area (Å²) in [6.07, 6.45) is 7.90. The average molecular weight is 371 g/mol. The summed E-state index contributed by atoms with van der Waals surface area (Å²) in [5.41, 5.74) is -0.109. The first-order chi connectivity index (χ1) is 13.2. The Morgan fingerprint density at radius 2 is 2.07 bits per heavy atom. The van der Waals surface area contributed by atoms with Gasteiger partial charge in [-0.15, -0.1) is 5.10 Å². The standard InChI is InChI=1S/C19H25N5O3/c25-18-5-4-17(23-9-2-8-20-23)21-24(18)14-15-6-10-22(11-7-15)19(26)13-16-3-1-12-27-16/h2,4-5,8-9,15-16H,1,3,6-7,10-14H2. The monoisotopic (exact) mass is 371 g/mol. The number of rotatable bonds is 5. The van der Waals surface area contributed by atoms with Gasteiger partial charge in [0.2, 0.25) is 5.91 Å². The van der Waals surface area contributed by atoms with Crippen LogP contribution in [-0.4, -0.2) is 56.2 Å². The van der Waals surface area contributed by atoms with Gasteiger partial charge in [-0.25, -0.2) is 9.36 Å². The van der Waals surface area contributed by atoms with Crippen molar-refractivity contribution in [3.8, 4) is 5.82 Å². The second-order valence-corrected chi connectivity index (χ2v) is 7.33. The molecular formula is C19H25N5O3. The van der Waals surface area contributed by atoms with Gasteiger partial charge in [-0.05, 0) is 43.7 Å². The van der Waals surface area contributed by atoms with E-state index in [0.29, 0.717) is 24.7 Å². The molecule has 1 unspecified atom stereocenters. The highest BCUT2D eigenvalue weighted by Crippen LogP contribution is 2.21. The van der Waals surface area contributed by atoms with E-state index in [-0.39, 0.29) is 17.6 Å². The van der Waals surface area contributed by atoms with E-state index in [1.54, 1.807) is 23.1 Å². The lowest BCUT2D eigenvalue weighted by Crippen LogP contribution is -2.41. The molecule has 8 heteroatoms. The molecule has 0 radical (unpaired) electrons. The zero-order valence-electron chi connectivity index (χ0n) is 15.4. The van der Waals surface area contributed by atoms with Gasteiger partial charge in [0.05, 0.1) is 12.5 Å². The number of carbonyl (C=O) groups excluding carboxylic acids is 1. The van der Waals surface area contributed by atoms with Crippen molar-refractivity contribution in [1.29, 1.82) is 0 Å². The maximum atomic E-state index is 12.4.